The smallest absolute Gasteiger partial charge is 0.157 e. The van der Waals surface area contributed by atoms with Gasteiger partial charge in [-0.15, -0.1) is 0 Å². The summed E-state index contributed by atoms with van der Waals surface area (Å²) in [6.45, 7) is 13.2. The largest absolute Gasteiger partial charge is 0.353 e. The summed E-state index contributed by atoms with van der Waals surface area (Å²) in [4.78, 5) is 2.42. The zero-order valence-electron chi connectivity index (χ0n) is 17.0. The van der Waals surface area contributed by atoms with Crippen LogP contribution in [0.1, 0.15) is 40.5 Å². The van der Waals surface area contributed by atoms with E-state index < -0.39 is 0 Å². The molecule has 0 aromatic heterocycles. The molecule has 0 saturated heterocycles. The van der Waals surface area contributed by atoms with Crippen LogP contribution in [0.15, 0.2) is 0 Å². The summed E-state index contributed by atoms with van der Waals surface area (Å²) in [7, 11) is 4.40. The van der Waals surface area contributed by atoms with Crippen LogP contribution in [0.5, 0.6) is 0 Å². The van der Waals surface area contributed by atoms with Gasteiger partial charge in [0.2, 0.25) is 0 Å². The normalized spacial score (nSPS) is 15.0. The van der Waals surface area contributed by atoms with E-state index in [0.717, 1.165) is 72.8 Å². The fraction of sp³-hybridized carbons (Fsp3) is 1.00. The maximum absolute atomic E-state index is 5.73. The molecule has 0 aliphatic rings. The lowest BCUT2D eigenvalue weighted by Gasteiger charge is -2.28. The molecule has 0 N–H and O–H groups in total. The molecule has 0 spiro atoms. The zero-order valence-corrected chi connectivity index (χ0v) is 21.0. The third-order valence-electron chi connectivity index (χ3n) is 4.19. The van der Waals surface area contributed by atoms with Crippen molar-refractivity contribution in [3.05, 3.63) is 0 Å². The van der Waals surface area contributed by atoms with Gasteiger partial charge in [-0.1, -0.05) is 0 Å². The first-order chi connectivity index (χ1) is 11.5. The molecule has 7 heteroatoms. The summed E-state index contributed by atoms with van der Waals surface area (Å²) in [6.07, 6.45) is 2.23. The Kier molecular flexibility index (Phi) is 15.6. The first-order valence-corrected chi connectivity index (χ1v) is 12.0. The Morgan fingerprint density at radius 3 is 1.21 bits per heavy atom. The van der Waals surface area contributed by atoms with Crippen LogP contribution in [0.4, 0.5) is 0 Å². The van der Waals surface area contributed by atoms with E-state index in [4.69, 9.17) is 18.9 Å². The maximum atomic E-state index is 5.73. The summed E-state index contributed by atoms with van der Waals surface area (Å²) in [5, 5.41) is 0. The van der Waals surface area contributed by atoms with E-state index >= 15 is 0 Å². The van der Waals surface area contributed by atoms with Crippen molar-refractivity contribution in [3.8, 4) is 0 Å². The average molecular weight is 380 g/mol. The molecule has 2 unspecified atom stereocenters. The molecule has 0 amide bonds. The van der Waals surface area contributed by atoms with Gasteiger partial charge in [-0.25, -0.2) is 0 Å². The van der Waals surface area contributed by atoms with Gasteiger partial charge in [-0.05, 0) is 71.8 Å². The molecular weight excluding hydrogens is 338 g/mol. The number of hydrogen-bond donors (Lipinski definition) is 0. The van der Waals surface area contributed by atoms with Crippen molar-refractivity contribution in [3.63, 3.8) is 0 Å². The van der Waals surface area contributed by atoms with Crippen molar-refractivity contribution in [1.82, 2.24) is 4.90 Å². The highest BCUT2D eigenvalue weighted by Gasteiger charge is 2.20. The summed E-state index contributed by atoms with van der Waals surface area (Å²) >= 11 is 0. The van der Waals surface area contributed by atoms with Gasteiger partial charge in [0.1, 0.15) is 0 Å². The molecule has 0 radical (unpaired) electrons. The first-order valence-electron chi connectivity index (χ1n) is 9.64. The minimum atomic E-state index is -0.0216. The van der Waals surface area contributed by atoms with Crippen LogP contribution in [0, 0.1) is 0 Å². The quantitative estimate of drug-likeness (QED) is 0.293. The standard InChI is InChI=1S/C17H41NO4Si2/c1-6-19-16(20-7-2)14(23)10-12-18(5)13-11-15(24)17(21-8-3)22-9-4/h14-17H,6-13H2,1-5,23-24H3. The lowest BCUT2D eigenvalue weighted by molar-refractivity contribution is -0.140. The van der Waals surface area contributed by atoms with Crippen molar-refractivity contribution >= 4 is 20.5 Å². The topological polar surface area (TPSA) is 40.2 Å². The van der Waals surface area contributed by atoms with Crippen molar-refractivity contribution < 1.29 is 18.9 Å². The van der Waals surface area contributed by atoms with E-state index in [9.17, 15) is 0 Å². The lowest BCUT2D eigenvalue weighted by atomic mass is 10.2. The monoisotopic (exact) mass is 379 g/mol. The molecular formula is C17H41NO4Si2. The van der Waals surface area contributed by atoms with E-state index in [0.29, 0.717) is 11.1 Å². The number of nitrogens with zero attached hydrogens (tertiary/aromatic N) is 1. The summed E-state index contributed by atoms with van der Waals surface area (Å²) in [5.41, 5.74) is 1.08. The van der Waals surface area contributed by atoms with Crippen molar-refractivity contribution in [2.75, 3.05) is 46.6 Å². The van der Waals surface area contributed by atoms with Crippen molar-refractivity contribution in [2.24, 2.45) is 0 Å². The van der Waals surface area contributed by atoms with Gasteiger partial charge in [0.25, 0.3) is 0 Å². The second-order valence-electron chi connectivity index (χ2n) is 6.39. The Morgan fingerprint density at radius 2 is 0.958 bits per heavy atom. The predicted molar refractivity (Wildman–Crippen MR) is 108 cm³/mol. The molecule has 0 bridgehead atoms. The molecule has 0 aromatic rings. The van der Waals surface area contributed by atoms with Gasteiger partial charge in [-0.3, -0.25) is 0 Å². The Hall–Kier alpha value is 0.234. The van der Waals surface area contributed by atoms with Gasteiger partial charge in [0, 0.05) is 46.9 Å². The average Bonchev–Trinajstić information content (AvgIpc) is 2.57. The molecule has 0 fully saturated rings. The molecule has 2 atom stereocenters. The highest BCUT2D eigenvalue weighted by Crippen LogP contribution is 2.19. The van der Waals surface area contributed by atoms with Gasteiger partial charge in [0.05, 0.1) is 0 Å². The van der Waals surface area contributed by atoms with E-state index in [-0.39, 0.29) is 12.6 Å². The second-order valence-corrected chi connectivity index (χ2v) is 9.36. The predicted octanol–water partition coefficient (Wildman–Crippen LogP) is 0.804. The summed E-state index contributed by atoms with van der Waals surface area (Å²) in [5.74, 6) is 0. The minimum Gasteiger partial charge on any atom is -0.353 e. The van der Waals surface area contributed by atoms with Crippen LogP contribution in [0.2, 0.25) is 11.1 Å². The Balaban J connectivity index is 4.12. The third kappa shape index (κ3) is 11.0. The Labute approximate surface area is 155 Å². The number of hydrogen-bond acceptors (Lipinski definition) is 5. The van der Waals surface area contributed by atoms with Crippen molar-refractivity contribution in [1.29, 1.82) is 0 Å². The summed E-state index contributed by atoms with van der Waals surface area (Å²) < 4.78 is 22.9. The van der Waals surface area contributed by atoms with Crippen LogP contribution in [-0.2, 0) is 18.9 Å². The van der Waals surface area contributed by atoms with E-state index in [1.165, 1.54) is 0 Å². The molecule has 0 aliphatic heterocycles. The molecule has 0 rings (SSSR count). The van der Waals surface area contributed by atoms with Crippen LogP contribution in [-0.4, -0.2) is 84.5 Å². The fourth-order valence-electron chi connectivity index (χ4n) is 2.64. The molecule has 5 nitrogen and oxygen atoms in total. The number of rotatable bonds is 16. The molecule has 0 heterocycles. The van der Waals surface area contributed by atoms with E-state index in [2.05, 4.69) is 11.9 Å². The second kappa shape index (κ2) is 15.5. The lowest BCUT2D eigenvalue weighted by Crippen LogP contribution is -2.30. The third-order valence-corrected chi connectivity index (χ3v) is 6.43. The van der Waals surface area contributed by atoms with Crippen molar-refractivity contribution in [2.45, 2.75) is 64.2 Å². The van der Waals surface area contributed by atoms with Crippen LogP contribution in [0.25, 0.3) is 0 Å². The van der Waals surface area contributed by atoms with Crippen LogP contribution >= 0.6 is 0 Å². The molecule has 146 valence electrons. The first kappa shape index (κ1) is 24.2. The van der Waals surface area contributed by atoms with E-state index in [1.807, 2.05) is 27.7 Å². The molecule has 0 aromatic carbocycles. The fourth-order valence-corrected chi connectivity index (χ4v) is 3.93. The SMILES string of the molecule is CCOC(OCC)C([SiH3])CCN(C)CCC([SiH3])C(OCC)OCC. The van der Waals surface area contributed by atoms with E-state index in [1.54, 1.807) is 0 Å². The van der Waals surface area contributed by atoms with Gasteiger partial charge < -0.3 is 23.8 Å². The molecule has 0 saturated carbocycles. The Bertz CT molecular complexity index is 249. The summed E-state index contributed by atoms with van der Waals surface area (Å²) in [6, 6.07) is 0. The van der Waals surface area contributed by atoms with Crippen LogP contribution < -0.4 is 0 Å². The van der Waals surface area contributed by atoms with Gasteiger partial charge >= 0.3 is 0 Å². The highest BCUT2D eigenvalue weighted by atomic mass is 28.1. The minimum absolute atomic E-state index is 0.0216. The number of ether oxygens (including phenoxy) is 4. The van der Waals surface area contributed by atoms with Gasteiger partial charge in [-0.2, -0.15) is 0 Å². The highest BCUT2D eigenvalue weighted by molar-refractivity contribution is 6.12. The zero-order chi connectivity index (χ0) is 18.4. The Morgan fingerprint density at radius 1 is 0.667 bits per heavy atom. The molecule has 24 heavy (non-hydrogen) atoms. The van der Waals surface area contributed by atoms with Gasteiger partial charge in [0.15, 0.2) is 12.6 Å². The maximum Gasteiger partial charge on any atom is 0.157 e. The van der Waals surface area contributed by atoms with Crippen LogP contribution in [0.3, 0.4) is 0 Å². The molecule has 0 aliphatic carbocycles.